The van der Waals surface area contributed by atoms with Crippen LogP contribution < -0.4 is 10.1 Å². The Morgan fingerprint density at radius 3 is 2.64 bits per heavy atom. The summed E-state index contributed by atoms with van der Waals surface area (Å²) < 4.78 is 11.2. The van der Waals surface area contributed by atoms with Crippen LogP contribution in [0.4, 0.5) is 0 Å². The van der Waals surface area contributed by atoms with Gasteiger partial charge in [-0.25, -0.2) is 0 Å². The fourth-order valence-electron chi connectivity index (χ4n) is 3.20. The van der Waals surface area contributed by atoms with Crippen LogP contribution in [-0.4, -0.2) is 18.0 Å². The van der Waals surface area contributed by atoms with Gasteiger partial charge in [0.15, 0.2) is 0 Å². The maximum Gasteiger partial charge on any atom is 0.288 e. The van der Waals surface area contributed by atoms with Crippen molar-refractivity contribution in [2.45, 2.75) is 13.5 Å². The summed E-state index contributed by atoms with van der Waals surface area (Å²) in [6, 6.07) is 21.1. The molecule has 4 rings (SSSR count). The summed E-state index contributed by atoms with van der Waals surface area (Å²) in [5.41, 5.74) is 4.01. The SMILES string of the molecule is COc1ccc2c(-c3ccccc3)c(C(=O)NCc3cccc(C)n3)oc2c1. The predicted octanol–water partition coefficient (Wildman–Crippen LogP) is 4.74. The average molecular weight is 372 g/mol. The zero-order valence-electron chi connectivity index (χ0n) is 15.7. The number of nitrogens with zero attached hydrogens (tertiary/aromatic N) is 1. The summed E-state index contributed by atoms with van der Waals surface area (Å²) in [7, 11) is 1.60. The highest BCUT2D eigenvalue weighted by molar-refractivity contribution is 6.08. The van der Waals surface area contributed by atoms with Crippen molar-refractivity contribution in [2.75, 3.05) is 7.11 Å². The van der Waals surface area contributed by atoms with Crippen LogP contribution in [0.25, 0.3) is 22.1 Å². The van der Waals surface area contributed by atoms with Crippen molar-refractivity contribution in [1.29, 1.82) is 0 Å². The molecular formula is C23H20N2O3. The van der Waals surface area contributed by atoms with Gasteiger partial charge in [-0.2, -0.15) is 0 Å². The second kappa shape index (κ2) is 7.56. The number of carbonyl (C=O) groups excluding carboxylic acids is 1. The van der Waals surface area contributed by atoms with E-state index in [1.165, 1.54) is 0 Å². The first-order chi connectivity index (χ1) is 13.7. The van der Waals surface area contributed by atoms with Gasteiger partial charge >= 0.3 is 0 Å². The van der Waals surface area contributed by atoms with Crippen molar-refractivity contribution in [3.8, 4) is 16.9 Å². The molecule has 2 aromatic heterocycles. The van der Waals surface area contributed by atoms with E-state index in [-0.39, 0.29) is 11.7 Å². The van der Waals surface area contributed by atoms with Crippen molar-refractivity contribution < 1.29 is 13.9 Å². The Balaban J connectivity index is 1.73. The van der Waals surface area contributed by atoms with E-state index in [0.29, 0.717) is 17.9 Å². The van der Waals surface area contributed by atoms with E-state index in [0.717, 1.165) is 27.9 Å². The third kappa shape index (κ3) is 3.47. The molecule has 1 N–H and O–H groups in total. The number of carbonyl (C=O) groups is 1. The first kappa shape index (κ1) is 17.8. The van der Waals surface area contributed by atoms with E-state index in [2.05, 4.69) is 10.3 Å². The van der Waals surface area contributed by atoms with Gasteiger partial charge in [-0.3, -0.25) is 9.78 Å². The van der Waals surface area contributed by atoms with Gasteiger partial charge in [0, 0.05) is 22.7 Å². The van der Waals surface area contributed by atoms with Crippen LogP contribution in [0.1, 0.15) is 21.9 Å². The number of methoxy groups -OCH3 is 1. The third-order valence-corrected chi connectivity index (χ3v) is 4.54. The molecule has 140 valence electrons. The van der Waals surface area contributed by atoms with Gasteiger partial charge < -0.3 is 14.5 Å². The van der Waals surface area contributed by atoms with Crippen molar-refractivity contribution in [1.82, 2.24) is 10.3 Å². The highest BCUT2D eigenvalue weighted by Crippen LogP contribution is 2.36. The molecule has 0 bridgehead atoms. The summed E-state index contributed by atoms with van der Waals surface area (Å²) in [6.45, 7) is 2.25. The van der Waals surface area contributed by atoms with Crippen molar-refractivity contribution >= 4 is 16.9 Å². The molecule has 0 fully saturated rings. The minimum atomic E-state index is -0.280. The number of hydrogen-bond acceptors (Lipinski definition) is 4. The lowest BCUT2D eigenvalue weighted by atomic mass is 10.0. The lowest BCUT2D eigenvalue weighted by Crippen LogP contribution is -2.23. The quantitative estimate of drug-likeness (QED) is 0.549. The molecule has 0 atom stereocenters. The Morgan fingerprint density at radius 1 is 1.07 bits per heavy atom. The van der Waals surface area contributed by atoms with Gasteiger partial charge in [0.05, 0.1) is 19.3 Å². The summed E-state index contributed by atoms with van der Waals surface area (Å²) in [5, 5.41) is 3.78. The second-order valence-corrected chi connectivity index (χ2v) is 6.49. The Kier molecular flexibility index (Phi) is 4.81. The van der Waals surface area contributed by atoms with E-state index in [9.17, 15) is 4.79 Å². The van der Waals surface area contributed by atoms with Crippen LogP contribution in [0, 0.1) is 6.92 Å². The fourth-order valence-corrected chi connectivity index (χ4v) is 3.20. The van der Waals surface area contributed by atoms with Crippen molar-refractivity contribution in [3.63, 3.8) is 0 Å². The Hall–Kier alpha value is -3.60. The normalized spacial score (nSPS) is 10.8. The van der Waals surface area contributed by atoms with Crippen LogP contribution in [-0.2, 0) is 6.54 Å². The highest BCUT2D eigenvalue weighted by Gasteiger charge is 2.22. The molecule has 5 nitrogen and oxygen atoms in total. The number of aromatic nitrogens is 1. The van der Waals surface area contributed by atoms with Crippen molar-refractivity contribution in [2.24, 2.45) is 0 Å². The topological polar surface area (TPSA) is 64.4 Å². The number of benzene rings is 2. The molecule has 0 saturated carbocycles. The molecule has 0 aliphatic rings. The molecule has 5 heteroatoms. The average Bonchev–Trinajstić information content (AvgIpc) is 3.11. The molecule has 0 unspecified atom stereocenters. The minimum absolute atomic E-state index is 0.280. The van der Waals surface area contributed by atoms with E-state index in [1.807, 2.05) is 67.6 Å². The third-order valence-electron chi connectivity index (χ3n) is 4.54. The minimum Gasteiger partial charge on any atom is -0.497 e. The zero-order chi connectivity index (χ0) is 19.5. The van der Waals surface area contributed by atoms with Crippen LogP contribution in [0.15, 0.2) is 71.1 Å². The van der Waals surface area contributed by atoms with Crippen molar-refractivity contribution in [3.05, 3.63) is 83.9 Å². The van der Waals surface area contributed by atoms with Gasteiger partial charge in [0.2, 0.25) is 5.76 Å². The number of furan rings is 1. The fraction of sp³-hybridized carbons (Fsp3) is 0.130. The lowest BCUT2D eigenvalue weighted by Gasteiger charge is -2.06. The summed E-state index contributed by atoms with van der Waals surface area (Å²) in [4.78, 5) is 17.4. The maximum absolute atomic E-state index is 13.0. The summed E-state index contributed by atoms with van der Waals surface area (Å²) in [6.07, 6.45) is 0. The number of hydrogen-bond donors (Lipinski definition) is 1. The molecule has 28 heavy (non-hydrogen) atoms. The molecule has 2 heterocycles. The standard InChI is InChI=1S/C23H20N2O3/c1-15-7-6-10-17(25-15)14-24-23(26)22-21(16-8-4-3-5-9-16)19-12-11-18(27-2)13-20(19)28-22/h3-13H,14H2,1-2H3,(H,24,26). The molecule has 0 saturated heterocycles. The highest BCUT2D eigenvalue weighted by atomic mass is 16.5. The number of nitrogens with one attached hydrogen (secondary N) is 1. The number of ether oxygens (including phenoxy) is 1. The monoisotopic (exact) mass is 372 g/mol. The molecular weight excluding hydrogens is 352 g/mol. The second-order valence-electron chi connectivity index (χ2n) is 6.49. The molecule has 0 aliphatic heterocycles. The maximum atomic E-state index is 13.0. The molecule has 0 aliphatic carbocycles. The Bertz CT molecular complexity index is 1130. The Labute approximate surface area is 163 Å². The first-order valence-corrected chi connectivity index (χ1v) is 9.02. The lowest BCUT2D eigenvalue weighted by molar-refractivity contribution is 0.0925. The van der Waals surface area contributed by atoms with Crippen LogP contribution in [0.5, 0.6) is 5.75 Å². The molecule has 4 aromatic rings. The Morgan fingerprint density at radius 2 is 1.89 bits per heavy atom. The number of fused-ring (bicyclic) bond motifs is 1. The van der Waals surface area contributed by atoms with Crippen LogP contribution in [0.3, 0.4) is 0 Å². The molecule has 1 amide bonds. The first-order valence-electron chi connectivity index (χ1n) is 9.02. The van der Waals surface area contributed by atoms with E-state index >= 15 is 0 Å². The largest absolute Gasteiger partial charge is 0.497 e. The number of pyridine rings is 1. The van der Waals surface area contributed by atoms with Crippen LogP contribution >= 0.6 is 0 Å². The molecule has 0 spiro atoms. The van der Waals surface area contributed by atoms with Gasteiger partial charge in [-0.1, -0.05) is 36.4 Å². The van der Waals surface area contributed by atoms with Crippen LogP contribution in [0.2, 0.25) is 0 Å². The van der Waals surface area contributed by atoms with Gasteiger partial charge in [-0.15, -0.1) is 0 Å². The zero-order valence-corrected chi connectivity index (χ0v) is 15.7. The van der Waals surface area contributed by atoms with E-state index in [1.54, 1.807) is 13.2 Å². The number of aryl methyl sites for hydroxylation is 1. The molecule has 2 aromatic carbocycles. The number of amides is 1. The van der Waals surface area contributed by atoms with Gasteiger partial charge in [-0.05, 0) is 36.8 Å². The summed E-state index contributed by atoms with van der Waals surface area (Å²) in [5.74, 6) is 0.677. The van der Waals surface area contributed by atoms with Gasteiger partial charge in [0.25, 0.3) is 5.91 Å². The number of rotatable bonds is 5. The predicted molar refractivity (Wildman–Crippen MR) is 108 cm³/mol. The molecule has 0 radical (unpaired) electrons. The van der Waals surface area contributed by atoms with Gasteiger partial charge in [0.1, 0.15) is 11.3 Å². The smallest absolute Gasteiger partial charge is 0.288 e. The summed E-state index contributed by atoms with van der Waals surface area (Å²) >= 11 is 0. The van der Waals surface area contributed by atoms with E-state index < -0.39 is 0 Å². The van der Waals surface area contributed by atoms with E-state index in [4.69, 9.17) is 9.15 Å².